The lowest BCUT2D eigenvalue weighted by atomic mass is 10.3. The van der Waals surface area contributed by atoms with Gasteiger partial charge in [-0.05, 0) is 13.3 Å². The number of imide groups is 1. The Bertz CT molecular complexity index is 377. The zero-order valence-electron chi connectivity index (χ0n) is 12.3. The van der Waals surface area contributed by atoms with Gasteiger partial charge in [0.2, 0.25) is 5.91 Å². The summed E-state index contributed by atoms with van der Waals surface area (Å²) in [5, 5.41) is 2.72. The monoisotopic (exact) mass is 298 g/mol. The zero-order valence-corrected chi connectivity index (χ0v) is 12.3. The van der Waals surface area contributed by atoms with Gasteiger partial charge in [0, 0.05) is 44.9 Å². The van der Waals surface area contributed by atoms with Crippen LogP contribution in [0.15, 0.2) is 12.2 Å². The van der Waals surface area contributed by atoms with E-state index in [9.17, 15) is 14.4 Å². The van der Waals surface area contributed by atoms with Crippen LogP contribution in [0.2, 0.25) is 0 Å². The SMILES string of the molecule is CCOCCOCCCNC(=O)CCN1C(=O)C=CC1=O. The number of rotatable bonds is 11. The van der Waals surface area contributed by atoms with Crippen LogP contribution in [0.1, 0.15) is 19.8 Å². The first-order chi connectivity index (χ1) is 10.1. The van der Waals surface area contributed by atoms with E-state index in [1.807, 2.05) is 6.92 Å². The summed E-state index contributed by atoms with van der Waals surface area (Å²) in [6.07, 6.45) is 3.24. The van der Waals surface area contributed by atoms with Crippen molar-refractivity contribution in [1.29, 1.82) is 0 Å². The third-order valence-corrected chi connectivity index (χ3v) is 2.83. The van der Waals surface area contributed by atoms with Gasteiger partial charge < -0.3 is 14.8 Å². The number of hydrogen-bond acceptors (Lipinski definition) is 5. The topological polar surface area (TPSA) is 84.9 Å². The fraction of sp³-hybridized carbons (Fsp3) is 0.643. The van der Waals surface area contributed by atoms with Crippen LogP contribution in [0, 0.1) is 0 Å². The van der Waals surface area contributed by atoms with E-state index in [2.05, 4.69) is 5.32 Å². The molecule has 118 valence electrons. The molecular weight excluding hydrogens is 276 g/mol. The molecule has 1 heterocycles. The molecule has 0 saturated carbocycles. The molecular formula is C14H22N2O5. The molecule has 1 aliphatic heterocycles. The van der Waals surface area contributed by atoms with E-state index in [4.69, 9.17) is 9.47 Å². The van der Waals surface area contributed by atoms with Gasteiger partial charge in [-0.25, -0.2) is 0 Å². The van der Waals surface area contributed by atoms with Crippen molar-refractivity contribution in [1.82, 2.24) is 10.2 Å². The van der Waals surface area contributed by atoms with Crippen molar-refractivity contribution in [3.8, 4) is 0 Å². The number of nitrogens with one attached hydrogen (secondary N) is 1. The Labute approximate surface area is 124 Å². The molecule has 0 fully saturated rings. The average molecular weight is 298 g/mol. The van der Waals surface area contributed by atoms with Crippen LogP contribution in [0.4, 0.5) is 0 Å². The summed E-state index contributed by atoms with van der Waals surface area (Å²) in [7, 11) is 0. The predicted octanol–water partition coefficient (Wildman–Crippen LogP) is -0.139. The van der Waals surface area contributed by atoms with E-state index in [1.54, 1.807) is 0 Å². The van der Waals surface area contributed by atoms with E-state index < -0.39 is 0 Å². The summed E-state index contributed by atoms with van der Waals surface area (Å²) in [6.45, 7) is 4.91. The Balaban J connectivity index is 1.97. The fourth-order valence-corrected chi connectivity index (χ4v) is 1.72. The van der Waals surface area contributed by atoms with Gasteiger partial charge in [0.05, 0.1) is 13.2 Å². The summed E-state index contributed by atoms with van der Waals surface area (Å²) in [4.78, 5) is 35.1. The van der Waals surface area contributed by atoms with Crippen molar-refractivity contribution in [2.75, 3.05) is 39.5 Å². The second kappa shape index (κ2) is 10.1. The third-order valence-electron chi connectivity index (χ3n) is 2.83. The van der Waals surface area contributed by atoms with Gasteiger partial charge >= 0.3 is 0 Å². The molecule has 0 saturated heterocycles. The number of ether oxygens (including phenoxy) is 2. The van der Waals surface area contributed by atoms with Crippen LogP contribution in [0.3, 0.4) is 0 Å². The maximum atomic E-state index is 11.5. The molecule has 3 amide bonds. The van der Waals surface area contributed by atoms with E-state index in [0.717, 1.165) is 4.90 Å². The molecule has 0 aromatic carbocycles. The van der Waals surface area contributed by atoms with Crippen molar-refractivity contribution in [2.45, 2.75) is 19.8 Å². The molecule has 1 rings (SSSR count). The van der Waals surface area contributed by atoms with Crippen molar-refractivity contribution >= 4 is 17.7 Å². The zero-order chi connectivity index (χ0) is 15.5. The minimum atomic E-state index is -0.365. The minimum Gasteiger partial charge on any atom is -0.379 e. The normalized spacial score (nSPS) is 14.0. The average Bonchev–Trinajstić information content (AvgIpc) is 2.78. The molecule has 1 aliphatic rings. The predicted molar refractivity (Wildman–Crippen MR) is 75.4 cm³/mol. The van der Waals surface area contributed by atoms with Gasteiger partial charge in [-0.2, -0.15) is 0 Å². The van der Waals surface area contributed by atoms with Crippen LogP contribution < -0.4 is 5.32 Å². The molecule has 0 radical (unpaired) electrons. The first kappa shape index (κ1) is 17.3. The molecule has 0 aromatic heterocycles. The van der Waals surface area contributed by atoms with E-state index in [1.165, 1.54) is 12.2 Å². The maximum Gasteiger partial charge on any atom is 0.253 e. The highest BCUT2D eigenvalue weighted by molar-refractivity contribution is 6.13. The van der Waals surface area contributed by atoms with Crippen LogP contribution in [-0.4, -0.2) is 62.1 Å². The van der Waals surface area contributed by atoms with Crippen molar-refractivity contribution in [3.05, 3.63) is 12.2 Å². The Morgan fingerprint density at radius 1 is 1.14 bits per heavy atom. The highest BCUT2D eigenvalue weighted by atomic mass is 16.5. The maximum absolute atomic E-state index is 11.5. The van der Waals surface area contributed by atoms with Crippen LogP contribution >= 0.6 is 0 Å². The number of amides is 3. The van der Waals surface area contributed by atoms with E-state index in [-0.39, 0.29) is 30.7 Å². The van der Waals surface area contributed by atoms with Gasteiger partial charge in [-0.3, -0.25) is 19.3 Å². The fourth-order valence-electron chi connectivity index (χ4n) is 1.72. The molecule has 0 spiro atoms. The summed E-state index contributed by atoms with van der Waals surface area (Å²) in [6, 6.07) is 0. The number of nitrogens with zero attached hydrogens (tertiary/aromatic N) is 1. The molecule has 0 aromatic rings. The Morgan fingerprint density at radius 2 is 1.81 bits per heavy atom. The quantitative estimate of drug-likeness (QED) is 0.424. The number of carbonyl (C=O) groups excluding carboxylic acids is 3. The van der Waals surface area contributed by atoms with Crippen LogP contribution in [0.5, 0.6) is 0 Å². The summed E-state index contributed by atoms with van der Waals surface area (Å²) in [5.41, 5.74) is 0. The van der Waals surface area contributed by atoms with Crippen molar-refractivity contribution < 1.29 is 23.9 Å². The van der Waals surface area contributed by atoms with Crippen molar-refractivity contribution in [3.63, 3.8) is 0 Å². The lowest BCUT2D eigenvalue weighted by Gasteiger charge is -2.13. The van der Waals surface area contributed by atoms with E-state index in [0.29, 0.717) is 39.4 Å². The molecule has 7 nitrogen and oxygen atoms in total. The number of carbonyl (C=O) groups is 3. The molecule has 0 aliphatic carbocycles. The van der Waals surface area contributed by atoms with Crippen LogP contribution in [-0.2, 0) is 23.9 Å². The van der Waals surface area contributed by atoms with Gasteiger partial charge in [-0.1, -0.05) is 0 Å². The highest BCUT2D eigenvalue weighted by Crippen LogP contribution is 2.03. The smallest absolute Gasteiger partial charge is 0.253 e. The van der Waals surface area contributed by atoms with Gasteiger partial charge in [0.15, 0.2) is 0 Å². The minimum absolute atomic E-state index is 0.112. The Hall–Kier alpha value is -1.73. The summed E-state index contributed by atoms with van der Waals surface area (Å²) < 4.78 is 10.4. The first-order valence-corrected chi connectivity index (χ1v) is 7.11. The first-order valence-electron chi connectivity index (χ1n) is 7.11. The van der Waals surface area contributed by atoms with Gasteiger partial charge in [0.1, 0.15) is 0 Å². The molecule has 0 unspecified atom stereocenters. The standard InChI is InChI=1S/C14H22N2O5/c1-2-20-10-11-21-9-3-7-15-12(17)6-8-16-13(18)4-5-14(16)19/h4-5H,2-3,6-11H2,1H3,(H,15,17). The highest BCUT2D eigenvalue weighted by Gasteiger charge is 2.23. The molecule has 1 N–H and O–H groups in total. The molecule has 0 atom stereocenters. The van der Waals surface area contributed by atoms with E-state index >= 15 is 0 Å². The third kappa shape index (κ3) is 7.01. The lowest BCUT2D eigenvalue weighted by molar-refractivity contribution is -0.137. The molecule has 0 bridgehead atoms. The number of hydrogen-bond donors (Lipinski definition) is 1. The lowest BCUT2D eigenvalue weighted by Crippen LogP contribution is -2.35. The molecule has 7 heteroatoms. The summed E-state index contributed by atoms with van der Waals surface area (Å²) in [5.74, 6) is -0.914. The van der Waals surface area contributed by atoms with Gasteiger partial charge in [0.25, 0.3) is 11.8 Å². The second-order valence-corrected chi connectivity index (χ2v) is 4.42. The Kier molecular flexibility index (Phi) is 8.30. The van der Waals surface area contributed by atoms with Crippen LogP contribution in [0.25, 0.3) is 0 Å². The largest absolute Gasteiger partial charge is 0.379 e. The van der Waals surface area contributed by atoms with Gasteiger partial charge in [-0.15, -0.1) is 0 Å². The summed E-state index contributed by atoms with van der Waals surface area (Å²) >= 11 is 0. The second-order valence-electron chi connectivity index (χ2n) is 4.42. The van der Waals surface area contributed by atoms with Crippen molar-refractivity contribution in [2.24, 2.45) is 0 Å². The Morgan fingerprint density at radius 3 is 2.48 bits per heavy atom. The molecule has 21 heavy (non-hydrogen) atoms.